The van der Waals surface area contributed by atoms with Crippen molar-refractivity contribution in [3.63, 3.8) is 0 Å². The van der Waals surface area contributed by atoms with Gasteiger partial charge in [-0.25, -0.2) is 28.1 Å². The molecule has 13 nitrogen and oxygen atoms in total. The van der Waals surface area contributed by atoms with Crippen LogP contribution in [0.5, 0.6) is 0 Å². The van der Waals surface area contributed by atoms with Crippen LogP contribution in [0.15, 0.2) is 41.5 Å². The van der Waals surface area contributed by atoms with Crippen molar-refractivity contribution in [1.29, 1.82) is 0 Å². The van der Waals surface area contributed by atoms with Crippen molar-refractivity contribution in [3.8, 4) is 0 Å². The SMILES string of the molecule is Cc1cc([C@@H](C)Nc2ccc(Cl)nc2C(=O)NS(C)(=O)=O)c2nc(N3C[C@@H]4C[C@H]3CN4c3nccnc3C)n(C)c(=O)c2c1. The molecule has 2 N–H and O–H groups in total. The Morgan fingerprint density at radius 3 is 2.45 bits per heavy atom. The number of carbonyl (C=O) groups is 1. The average molecular weight is 638 g/mol. The lowest BCUT2D eigenvalue weighted by molar-refractivity contribution is 0.0977. The normalized spacial score (nSPS) is 18.6. The van der Waals surface area contributed by atoms with Gasteiger partial charge in [-0.3, -0.25) is 19.1 Å². The van der Waals surface area contributed by atoms with E-state index >= 15 is 0 Å². The fourth-order valence-corrected chi connectivity index (χ4v) is 6.82. The number of piperazine rings is 1. The van der Waals surface area contributed by atoms with Gasteiger partial charge in [0.2, 0.25) is 16.0 Å². The molecule has 2 aliphatic heterocycles. The van der Waals surface area contributed by atoms with E-state index in [2.05, 4.69) is 30.1 Å². The molecule has 2 fully saturated rings. The van der Waals surface area contributed by atoms with Gasteiger partial charge in [0, 0.05) is 38.1 Å². The van der Waals surface area contributed by atoms with Crippen LogP contribution in [0.3, 0.4) is 0 Å². The fourth-order valence-electron chi connectivity index (χ4n) is 6.23. The fraction of sp³-hybridized carbons (Fsp3) is 0.379. The molecule has 0 aliphatic carbocycles. The first-order valence-electron chi connectivity index (χ1n) is 14.1. The number of rotatable bonds is 7. The van der Waals surface area contributed by atoms with Gasteiger partial charge in [0.1, 0.15) is 11.0 Å². The lowest BCUT2D eigenvalue weighted by Gasteiger charge is -2.36. The predicted octanol–water partition coefficient (Wildman–Crippen LogP) is 2.72. The number of aryl methyl sites for hydroxylation is 2. The summed E-state index contributed by atoms with van der Waals surface area (Å²) in [6, 6.07) is 6.75. The lowest BCUT2D eigenvalue weighted by atomic mass is 10.0. The topological polar surface area (TPSA) is 155 Å². The van der Waals surface area contributed by atoms with Crippen molar-refractivity contribution >= 4 is 55.9 Å². The van der Waals surface area contributed by atoms with Crippen LogP contribution in [-0.2, 0) is 17.1 Å². The molecule has 0 saturated carbocycles. The number of fused-ring (bicyclic) bond motifs is 3. The molecule has 230 valence electrons. The molecule has 2 saturated heterocycles. The average Bonchev–Trinajstić information content (AvgIpc) is 3.56. The zero-order chi connectivity index (χ0) is 31.5. The Morgan fingerprint density at radius 2 is 1.77 bits per heavy atom. The molecule has 4 aromatic rings. The zero-order valence-corrected chi connectivity index (χ0v) is 26.4. The molecular weight excluding hydrogens is 606 g/mol. The van der Waals surface area contributed by atoms with Gasteiger partial charge in [0.25, 0.3) is 11.5 Å². The Hall–Kier alpha value is -4.30. The molecule has 15 heteroatoms. The van der Waals surface area contributed by atoms with Gasteiger partial charge in [0.05, 0.1) is 46.7 Å². The zero-order valence-electron chi connectivity index (χ0n) is 24.9. The Kier molecular flexibility index (Phi) is 7.44. The number of sulfonamides is 1. The van der Waals surface area contributed by atoms with Crippen LogP contribution >= 0.6 is 11.6 Å². The number of carbonyl (C=O) groups excluding carboxylic acids is 1. The summed E-state index contributed by atoms with van der Waals surface area (Å²) in [7, 11) is -2.09. The highest BCUT2D eigenvalue weighted by Gasteiger charge is 2.45. The van der Waals surface area contributed by atoms with Crippen molar-refractivity contribution in [3.05, 3.63) is 74.7 Å². The highest BCUT2D eigenvalue weighted by molar-refractivity contribution is 7.89. The Labute approximate surface area is 259 Å². The van der Waals surface area contributed by atoms with Crippen molar-refractivity contribution in [2.24, 2.45) is 7.05 Å². The number of hydrogen-bond donors (Lipinski definition) is 2. The van der Waals surface area contributed by atoms with E-state index in [1.807, 2.05) is 37.6 Å². The van der Waals surface area contributed by atoms with E-state index in [0.717, 1.165) is 41.9 Å². The molecule has 3 atom stereocenters. The van der Waals surface area contributed by atoms with Crippen molar-refractivity contribution in [1.82, 2.24) is 29.2 Å². The molecule has 0 radical (unpaired) electrons. The third-order valence-electron chi connectivity index (χ3n) is 8.15. The monoisotopic (exact) mass is 637 g/mol. The number of nitrogens with zero attached hydrogens (tertiary/aromatic N) is 7. The number of nitrogens with one attached hydrogen (secondary N) is 2. The molecule has 0 unspecified atom stereocenters. The summed E-state index contributed by atoms with van der Waals surface area (Å²) in [5.74, 6) is 0.561. The summed E-state index contributed by atoms with van der Waals surface area (Å²) < 4.78 is 27.0. The summed E-state index contributed by atoms with van der Waals surface area (Å²) in [5, 5.41) is 3.77. The van der Waals surface area contributed by atoms with Gasteiger partial charge in [-0.15, -0.1) is 0 Å². The number of hydrogen-bond acceptors (Lipinski definition) is 11. The van der Waals surface area contributed by atoms with Gasteiger partial charge < -0.3 is 15.1 Å². The highest BCUT2D eigenvalue weighted by atomic mass is 35.5. The van der Waals surface area contributed by atoms with Gasteiger partial charge in [-0.2, -0.15) is 0 Å². The van der Waals surface area contributed by atoms with E-state index in [0.29, 0.717) is 23.4 Å². The number of benzene rings is 1. The van der Waals surface area contributed by atoms with Crippen LogP contribution in [0.4, 0.5) is 17.5 Å². The van der Waals surface area contributed by atoms with Crippen LogP contribution < -0.4 is 25.4 Å². The number of halogens is 1. The molecule has 1 aromatic carbocycles. The molecule has 0 spiro atoms. The number of amides is 1. The number of aromatic nitrogens is 5. The van der Waals surface area contributed by atoms with Crippen LogP contribution in [0.1, 0.15) is 46.7 Å². The largest absolute Gasteiger partial charge is 0.377 e. The Bertz CT molecular complexity index is 1980. The predicted molar refractivity (Wildman–Crippen MR) is 169 cm³/mol. The minimum Gasteiger partial charge on any atom is -0.377 e. The van der Waals surface area contributed by atoms with E-state index < -0.39 is 22.0 Å². The summed E-state index contributed by atoms with van der Waals surface area (Å²) >= 11 is 6.05. The maximum Gasteiger partial charge on any atom is 0.285 e. The van der Waals surface area contributed by atoms with Gasteiger partial charge in [-0.05, 0) is 51.0 Å². The summed E-state index contributed by atoms with van der Waals surface area (Å²) in [4.78, 5) is 49.1. The van der Waals surface area contributed by atoms with Gasteiger partial charge in [0.15, 0.2) is 5.69 Å². The molecule has 1 amide bonds. The first-order valence-corrected chi connectivity index (χ1v) is 16.3. The molecule has 44 heavy (non-hydrogen) atoms. The van der Waals surface area contributed by atoms with Crippen LogP contribution in [0.25, 0.3) is 10.9 Å². The second-order valence-electron chi connectivity index (χ2n) is 11.4. The van der Waals surface area contributed by atoms with Crippen LogP contribution in [0.2, 0.25) is 5.15 Å². The van der Waals surface area contributed by atoms with Crippen molar-refractivity contribution < 1.29 is 13.2 Å². The lowest BCUT2D eigenvalue weighted by Crippen LogP contribution is -2.48. The molecule has 5 heterocycles. The molecule has 2 aliphatic rings. The first kappa shape index (κ1) is 29.8. The second-order valence-corrected chi connectivity index (χ2v) is 13.6. The van der Waals surface area contributed by atoms with Crippen molar-refractivity contribution in [2.75, 3.05) is 34.5 Å². The van der Waals surface area contributed by atoms with E-state index in [4.69, 9.17) is 16.6 Å². The number of pyridine rings is 1. The second kappa shape index (κ2) is 11.0. The maximum absolute atomic E-state index is 13.8. The van der Waals surface area contributed by atoms with Crippen LogP contribution in [-0.4, -0.2) is 70.3 Å². The standard InChI is InChI=1S/C29H32ClN9O4S/c1-15-10-20(16(2)33-22-6-7-23(30)34-25(22)27(40)36-44(5,42)43)24-21(11-15)28(41)37(4)29(35-24)39-14-18-12-19(39)13-38(18)26-17(3)31-8-9-32-26/h6-11,16,18-19,33H,12-14H2,1-5H3,(H,36,40)/t16-,18+,19+/m1/s1. The van der Waals surface area contributed by atoms with E-state index in [1.54, 1.807) is 30.1 Å². The Balaban J connectivity index is 1.36. The molecule has 3 aromatic heterocycles. The maximum atomic E-state index is 13.8. The van der Waals surface area contributed by atoms with E-state index in [9.17, 15) is 18.0 Å². The van der Waals surface area contributed by atoms with E-state index in [-0.39, 0.29) is 34.2 Å². The molecule has 2 bridgehead atoms. The number of anilines is 3. The molecule has 6 rings (SSSR count). The van der Waals surface area contributed by atoms with Crippen molar-refractivity contribution in [2.45, 2.75) is 45.3 Å². The Morgan fingerprint density at radius 1 is 1.07 bits per heavy atom. The molecular formula is C29H32ClN9O4S. The summed E-state index contributed by atoms with van der Waals surface area (Å²) in [6.07, 6.45) is 5.21. The third kappa shape index (κ3) is 5.43. The first-order chi connectivity index (χ1) is 20.8. The third-order valence-corrected chi connectivity index (χ3v) is 8.92. The highest BCUT2D eigenvalue weighted by Crippen LogP contribution is 2.37. The smallest absolute Gasteiger partial charge is 0.285 e. The van der Waals surface area contributed by atoms with E-state index in [1.165, 1.54) is 6.07 Å². The minimum atomic E-state index is -3.83. The van der Waals surface area contributed by atoms with Crippen LogP contribution in [0, 0.1) is 13.8 Å². The summed E-state index contributed by atoms with van der Waals surface area (Å²) in [6.45, 7) is 7.18. The van der Waals surface area contributed by atoms with Gasteiger partial charge >= 0.3 is 0 Å². The van der Waals surface area contributed by atoms with Gasteiger partial charge in [-0.1, -0.05) is 17.7 Å². The minimum absolute atomic E-state index is 0.0330. The quantitative estimate of drug-likeness (QED) is 0.287. The summed E-state index contributed by atoms with van der Waals surface area (Å²) in [5.41, 5.74) is 2.98.